The normalized spacial score (nSPS) is 12.9. The summed E-state index contributed by atoms with van der Waals surface area (Å²) in [5, 5.41) is 8.69. The average Bonchev–Trinajstić information content (AvgIpc) is 2.37. The zero-order chi connectivity index (χ0) is 16.0. The van der Waals surface area contributed by atoms with E-state index in [9.17, 15) is 4.79 Å². The summed E-state index contributed by atoms with van der Waals surface area (Å²) in [7, 11) is 4.14. The van der Waals surface area contributed by atoms with Crippen molar-refractivity contribution < 1.29 is 9.90 Å². The molecule has 0 heterocycles. The van der Waals surface area contributed by atoms with Gasteiger partial charge in [0.15, 0.2) is 0 Å². The molecule has 0 bridgehead atoms. The second-order valence-electron chi connectivity index (χ2n) is 5.27. The van der Waals surface area contributed by atoms with Crippen LogP contribution in [0.1, 0.15) is 19.4 Å². The molecular weight excluding hydrogens is 332 g/mol. The van der Waals surface area contributed by atoms with Gasteiger partial charge in [0.05, 0.1) is 0 Å². The summed E-state index contributed by atoms with van der Waals surface area (Å²) >= 11 is 3.51. The second-order valence-corrected chi connectivity index (χ2v) is 6.13. The number of likely N-dealkylation sites (N-methyl/N-ethyl adjacent to an activating group) is 2. The quantitative estimate of drug-likeness (QED) is 0.762. The van der Waals surface area contributed by atoms with E-state index in [-0.39, 0.29) is 0 Å². The predicted molar refractivity (Wildman–Crippen MR) is 91.8 cm³/mol. The van der Waals surface area contributed by atoms with E-state index in [1.54, 1.807) is 6.08 Å². The van der Waals surface area contributed by atoms with Crippen LogP contribution >= 0.6 is 15.9 Å². The maximum Gasteiger partial charge on any atom is 0.328 e. The fourth-order valence-electron chi connectivity index (χ4n) is 2.37. The molecule has 0 aliphatic rings. The first-order valence-corrected chi connectivity index (χ1v) is 7.76. The van der Waals surface area contributed by atoms with E-state index in [1.807, 2.05) is 18.2 Å². The molecule has 1 unspecified atom stereocenters. The van der Waals surface area contributed by atoms with Crippen molar-refractivity contribution in [1.82, 2.24) is 4.90 Å². The van der Waals surface area contributed by atoms with Crippen molar-refractivity contribution in [3.63, 3.8) is 0 Å². The molecule has 0 saturated carbocycles. The third-order valence-electron chi connectivity index (χ3n) is 3.22. The number of carbonyl (C=O) groups is 1. The molecule has 0 radical (unpaired) electrons. The Morgan fingerprint density at radius 3 is 2.57 bits per heavy atom. The van der Waals surface area contributed by atoms with Crippen LogP contribution in [-0.2, 0) is 4.79 Å². The Bertz CT molecular complexity index is 515. The number of rotatable bonds is 7. The fraction of sp³-hybridized carbons (Fsp3) is 0.438. The highest BCUT2D eigenvalue weighted by Crippen LogP contribution is 2.26. The van der Waals surface area contributed by atoms with E-state index in [2.05, 4.69) is 53.7 Å². The summed E-state index contributed by atoms with van der Waals surface area (Å²) in [5.41, 5.74) is 1.99. The van der Waals surface area contributed by atoms with Crippen molar-refractivity contribution in [2.75, 3.05) is 32.1 Å². The summed E-state index contributed by atoms with van der Waals surface area (Å²) in [5.74, 6) is -0.944. The Morgan fingerprint density at radius 1 is 1.43 bits per heavy atom. The Labute approximate surface area is 135 Å². The Kier molecular flexibility index (Phi) is 6.92. The molecule has 116 valence electrons. The molecule has 1 aromatic rings. The molecule has 1 atom stereocenters. The van der Waals surface area contributed by atoms with E-state index in [4.69, 9.17) is 5.11 Å². The van der Waals surface area contributed by atoms with Gasteiger partial charge in [0.2, 0.25) is 0 Å². The van der Waals surface area contributed by atoms with Crippen molar-refractivity contribution in [1.29, 1.82) is 0 Å². The second kappa shape index (κ2) is 8.20. The number of halogens is 1. The molecule has 5 heteroatoms. The number of anilines is 1. The van der Waals surface area contributed by atoms with E-state index in [0.717, 1.165) is 34.9 Å². The highest BCUT2D eigenvalue weighted by Gasteiger charge is 2.14. The van der Waals surface area contributed by atoms with Gasteiger partial charge in [-0.25, -0.2) is 4.79 Å². The van der Waals surface area contributed by atoms with Gasteiger partial charge < -0.3 is 14.9 Å². The summed E-state index contributed by atoms with van der Waals surface area (Å²) in [4.78, 5) is 15.1. The minimum absolute atomic E-state index is 0.400. The SMILES string of the molecule is CCN(c1ccc(/C=C/C(=O)O)c(Br)c1)C(C)CN(C)C. The molecule has 21 heavy (non-hydrogen) atoms. The highest BCUT2D eigenvalue weighted by atomic mass is 79.9. The van der Waals surface area contributed by atoms with Crippen molar-refractivity contribution in [2.24, 2.45) is 0 Å². The third-order valence-corrected chi connectivity index (χ3v) is 3.91. The van der Waals surface area contributed by atoms with Gasteiger partial charge in [-0.15, -0.1) is 0 Å². The zero-order valence-corrected chi connectivity index (χ0v) is 14.6. The van der Waals surface area contributed by atoms with E-state index >= 15 is 0 Å². The van der Waals surface area contributed by atoms with Gasteiger partial charge in [0, 0.05) is 35.4 Å². The van der Waals surface area contributed by atoms with Gasteiger partial charge in [-0.1, -0.05) is 22.0 Å². The van der Waals surface area contributed by atoms with Crippen LogP contribution in [0.15, 0.2) is 28.7 Å². The Hall–Kier alpha value is -1.33. The minimum Gasteiger partial charge on any atom is -0.478 e. The van der Waals surface area contributed by atoms with Crippen LogP contribution in [0.2, 0.25) is 0 Å². The number of aliphatic carboxylic acids is 1. The minimum atomic E-state index is -0.944. The maximum absolute atomic E-state index is 10.6. The lowest BCUT2D eigenvalue weighted by Gasteiger charge is -2.32. The van der Waals surface area contributed by atoms with Gasteiger partial charge in [0.25, 0.3) is 0 Å². The largest absolute Gasteiger partial charge is 0.478 e. The van der Waals surface area contributed by atoms with E-state index in [1.165, 1.54) is 0 Å². The summed E-state index contributed by atoms with van der Waals surface area (Å²) < 4.78 is 0.896. The molecular formula is C16H23BrN2O2. The lowest BCUT2D eigenvalue weighted by molar-refractivity contribution is -0.131. The van der Waals surface area contributed by atoms with Crippen molar-refractivity contribution in [3.8, 4) is 0 Å². The monoisotopic (exact) mass is 354 g/mol. The highest BCUT2D eigenvalue weighted by molar-refractivity contribution is 9.10. The standard InChI is InChI=1S/C16H23BrN2O2/c1-5-19(12(2)11-18(3)4)14-8-6-13(15(17)10-14)7-9-16(20)21/h6-10,12H,5,11H2,1-4H3,(H,20,21)/b9-7+. The predicted octanol–water partition coefficient (Wildman–Crippen LogP) is 3.32. The van der Waals surface area contributed by atoms with Gasteiger partial charge in [0.1, 0.15) is 0 Å². The van der Waals surface area contributed by atoms with Crippen LogP contribution < -0.4 is 4.90 Å². The number of carboxylic acid groups (broad SMARTS) is 1. The summed E-state index contributed by atoms with van der Waals surface area (Å²) in [6, 6.07) is 6.40. The molecule has 0 fully saturated rings. The Morgan fingerprint density at radius 2 is 2.10 bits per heavy atom. The molecule has 0 saturated heterocycles. The smallest absolute Gasteiger partial charge is 0.328 e. The van der Waals surface area contributed by atoms with Crippen LogP contribution in [0.3, 0.4) is 0 Å². The van der Waals surface area contributed by atoms with Crippen LogP contribution in [-0.4, -0.2) is 49.2 Å². The van der Waals surface area contributed by atoms with Gasteiger partial charge >= 0.3 is 5.97 Å². The van der Waals surface area contributed by atoms with Crippen LogP contribution in [0.25, 0.3) is 6.08 Å². The number of hydrogen-bond donors (Lipinski definition) is 1. The van der Waals surface area contributed by atoms with Crippen molar-refractivity contribution >= 4 is 33.7 Å². The Balaban J connectivity index is 2.97. The lowest BCUT2D eigenvalue weighted by atomic mass is 10.1. The summed E-state index contributed by atoms with van der Waals surface area (Å²) in [6.07, 6.45) is 2.74. The first-order valence-electron chi connectivity index (χ1n) is 6.97. The van der Waals surface area contributed by atoms with E-state index < -0.39 is 5.97 Å². The number of benzene rings is 1. The van der Waals surface area contributed by atoms with Crippen LogP contribution in [0, 0.1) is 0 Å². The average molecular weight is 355 g/mol. The van der Waals surface area contributed by atoms with Crippen molar-refractivity contribution in [2.45, 2.75) is 19.9 Å². The van der Waals surface area contributed by atoms with Gasteiger partial charge in [-0.05, 0) is 51.7 Å². The first-order chi connectivity index (χ1) is 9.85. The third kappa shape index (κ3) is 5.52. The van der Waals surface area contributed by atoms with Crippen molar-refractivity contribution in [3.05, 3.63) is 34.3 Å². The summed E-state index contributed by atoms with van der Waals surface area (Å²) in [6.45, 7) is 6.24. The molecule has 1 aromatic carbocycles. The van der Waals surface area contributed by atoms with Gasteiger partial charge in [-0.2, -0.15) is 0 Å². The molecule has 1 rings (SSSR count). The van der Waals surface area contributed by atoms with E-state index in [0.29, 0.717) is 6.04 Å². The van der Waals surface area contributed by atoms with Crippen LogP contribution in [0.5, 0.6) is 0 Å². The molecule has 0 aliphatic heterocycles. The number of hydrogen-bond acceptors (Lipinski definition) is 3. The fourth-order valence-corrected chi connectivity index (χ4v) is 2.87. The number of nitrogens with zero attached hydrogens (tertiary/aromatic N) is 2. The topological polar surface area (TPSA) is 43.8 Å². The first kappa shape index (κ1) is 17.7. The lowest BCUT2D eigenvalue weighted by Crippen LogP contribution is -2.40. The van der Waals surface area contributed by atoms with Crippen LogP contribution in [0.4, 0.5) is 5.69 Å². The number of carboxylic acids is 1. The molecule has 0 amide bonds. The maximum atomic E-state index is 10.6. The molecule has 0 aromatic heterocycles. The zero-order valence-electron chi connectivity index (χ0n) is 13.0. The molecule has 0 spiro atoms. The van der Waals surface area contributed by atoms with Gasteiger partial charge in [-0.3, -0.25) is 0 Å². The molecule has 4 nitrogen and oxygen atoms in total. The molecule has 0 aliphatic carbocycles. The molecule has 1 N–H and O–H groups in total.